The summed E-state index contributed by atoms with van der Waals surface area (Å²) >= 11 is 0. The molecular weight excluding hydrogens is 240 g/mol. The van der Waals surface area contributed by atoms with Crippen LogP contribution < -0.4 is 4.74 Å². The maximum atomic E-state index is 5.64. The highest BCUT2D eigenvalue weighted by Gasteiger charge is 2.08. The van der Waals surface area contributed by atoms with Crippen LogP contribution >= 0.6 is 0 Å². The molecule has 0 radical (unpaired) electrons. The van der Waals surface area contributed by atoms with Crippen LogP contribution in [0.2, 0.25) is 0 Å². The second-order valence-corrected chi connectivity index (χ2v) is 4.42. The number of hydrogen-bond donors (Lipinski definition) is 0. The molecule has 0 fully saturated rings. The summed E-state index contributed by atoms with van der Waals surface area (Å²) in [5.74, 6) is 1.86. The third-order valence-electron chi connectivity index (χ3n) is 3.19. The molecule has 2 heterocycles. The zero-order chi connectivity index (χ0) is 13.2. The molecule has 0 saturated heterocycles. The third kappa shape index (κ3) is 2.07. The zero-order valence-corrected chi connectivity index (χ0v) is 11.1. The molecule has 0 N–H and O–H groups in total. The van der Waals surface area contributed by atoms with E-state index in [0.29, 0.717) is 13.2 Å². The van der Waals surface area contributed by atoms with Gasteiger partial charge in [-0.2, -0.15) is 0 Å². The first-order chi connectivity index (χ1) is 9.29. The van der Waals surface area contributed by atoms with Gasteiger partial charge in [-0.25, -0.2) is 0 Å². The van der Waals surface area contributed by atoms with Crippen molar-refractivity contribution in [2.24, 2.45) is 7.05 Å². The molecule has 0 aliphatic heterocycles. The van der Waals surface area contributed by atoms with Crippen LogP contribution in [0.25, 0.3) is 10.9 Å². The molecule has 0 bridgehead atoms. The molecule has 0 amide bonds. The van der Waals surface area contributed by atoms with Crippen LogP contribution in [-0.2, 0) is 13.6 Å². The molecule has 98 valence electrons. The van der Waals surface area contributed by atoms with Gasteiger partial charge >= 0.3 is 0 Å². The minimum atomic E-state index is 0.674. The number of benzene rings is 1. The Kier molecular flexibility index (Phi) is 2.95. The molecule has 3 aromatic rings. The first kappa shape index (κ1) is 11.8. The summed E-state index contributed by atoms with van der Waals surface area (Å²) in [5.41, 5.74) is 1.15. The highest BCUT2D eigenvalue weighted by atomic mass is 16.5. The van der Waals surface area contributed by atoms with E-state index in [9.17, 15) is 0 Å². The minimum Gasteiger partial charge on any atom is -0.493 e. The van der Waals surface area contributed by atoms with Crippen molar-refractivity contribution in [2.45, 2.75) is 13.5 Å². The Morgan fingerprint density at radius 3 is 2.89 bits per heavy atom. The molecule has 2 aromatic heterocycles. The SMILES string of the molecule is CCOc1cccc2c1ccn2Cc1nncn1C. The van der Waals surface area contributed by atoms with Gasteiger partial charge in [0.05, 0.1) is 18.7 Å². The normalized spacial score (nSPS) is 11.1. The van der Waals surface area contributed by atoms with E-state index in [1.165, 1.54) is 0 Å². The maximum Gasteiger partial charge on any atom is 0.152 e. The second kappa shape index (κ2) is 4.76. The number of aromatic nitrogens is 4. The lowest BCUT2D eigenvalue weighted by atomic mass is 10.2. The Balaban J connectivity index is 2.01. The predicted molar refractivity (Wildman–Crippen MR) is 73.2 cm³/mol. The highest BCUT2D eigenvalue weighted by Crippen LogP contribution is 2.26. The number of hydrogen-bond acceptors (Lipinski definition) is 3. The number of fused-ring (bicyclic) bond motifs is 1. The summed E-state index contributed by atoms with van der Waals surface area (Å²) in [4.78, 5) is 0. The largest absolute Gasteiger partial charge is 0.493 e. The molecule has 1 aromatic carbocycles. The fourth-order valence-corrected chi connectivity index (χ4v) is 2.22. The van der Waals surface area contributed by atoms with Gasteiger partial charge in [0.1, 0.15) is 12.1 Å². The van der Waals surface area contributed by atoms with Gasteiger partial charge in [0.2, 0.25) is 0 Å². The Morgan fingerprint density at radius 1 is 1.26 bits per heavy atom. The van der Waals surface area contributed by atoms with Crippen LogP contribution in [0.1, 0.15) is 12.7 Å². The van der Waals surface area contributed by atoms with Gasteiger partial charge in [0.15, 0.2) is 5.82 Å². The molecule has 0 unspecified atom stereocenters. The fourth-order valence-electron chi connectivity index (χ4n) is 2.22. The van der Waals surface area contributed by atoms with Crippen molar-refractivity contribution in [1.29, 1.82) is 0 Å². The molecule has 3 rings (SSSR count). The van der Waals surface area contributed by atoms with E-state index in [0.717, 1.165) is 22.5 Å². The molecule has 0 aliphatic carbocycles. The third-order valence-corrected chi connectivity index (χ3v) is 3.19. The molecular formula is C14H16N4O. The Bertz CT molecular complexity index is 698. The topological polar surface area (TPSA) is 44.9 Å². The second-order valence-electron chi connectivity index (χ2n) is 4.42. The molecule has 5 heteroatoms. The molecule has 0 atom stereocenters. The van der Waals surface area contributed by atoms with Gasteiger partial charge in [0, 0.05) is 18.6 Å². The Labute approximate surface area is 111 Å². The lowest BCUT2D eigenvalue weighted by Gasteiger charge is -2.07. The monoisotopic (exact) mass is 256 g/mol. The van der Waals surface area contributed by atoms with Crippen LogP contribution in [0, 0.1) is 0 Å². The van der Waals surface area contributed by atoms with E-state index < -0.39 is 0 Å². The molecule has 0 saturated carbocycles. The summed E-state index contributed by atoms with van der Waals surface area (Å²) in [5, 5.41) is 9.15. The van der Waals surface area contributed by atoms with E-state index in [1.807, 2.05) is 30.7 Å². The number of aryl methyl sites for hydroxylation is 1. The lowest BCUT2D eigenvalue weighted by Crippen LogP contribution is -2.04. The minimum absolute atomic E-state index is 0.674. The molecule has 0 spiro atoms. The van der Waals surface area contributed by atoms with Crippen molar-refractivity contribution in [3.05, 3.63) is 42.6 Å². The predicted octanol–water partition coefficient (Wildman–Crippen LogP) is 2.22. The van der Waals surface area contributed by atoms with E-state index in [1.54, 1.807) is 6.33 Å². The average molecular weight is 256 g/mol. The Hall–Kier alpha value is -2.30. The average Bonchev–Trinajstić information content (AvgIpc) is 2.99. The zero-order valence-electron chi connectivity index (χ0n) is 11.1. The summed E-state index contributed by atoms with van der Waals surface area (Å²) in [6, 6.07) is 8.18. The van der Waals surface area contributed by atoms with Crippen molar-refractivity contribution in [2.75, 3.05) is 6.61 Å². The van der Waals surface area contributed by atoms with E-state index in [2.05, 4.69) is 33.1 Å². The molecule has 0 aliphatic rings. The van der Waals surface area contributed by atoms with Crippen molar-refractivity contribution in [1.82, 2.24) is 19.3 Å². The van der Waals surface area contributed by atoms with Crippen molar-refractivity contribution < 1.29 is 4.74 Å². The first-order valence-electron chi connectivity index (χ1n) is 6.33. The van der Waals surface area contributed by atoms with Gasteiger partial charge < -0.3 is 13.9 Å². The van der Waals surface area contributed by atoms with Crippen molar-refractivity contribution in [3.63, 3.8) is 0 Å². The summed E-state index contributed by atoms with van der Waals surface area (Å²) in [7, 11) is 1.95. The van der Waals surface area contributed by atoms with Crippen LogP contribution in [0.3, 0.4) is 0 Å². The van der Waals surface area contributed by atoms with E-state index in [-0.39, 0.29) is 0 Å². The number of ether oxygens (including phenoxy) is 1. The summed E-state index contributed by atoms with van der Waals surface area (Å²) in [6.45, 7) is 3.37. The van der Waals surface area contributed by atoms with Gasteiger partial charge in [0.25, 0.3) is 0 Å². The summed E-state index contributed by atoms with van der Waals surface area (Å²) < 4.78 is 9.73. The molecule has 19 heavy (non-hydrogen) atoms. The quantitative estimate of drug-likeness (QED) is 0.719. The standard InChI is InChI=1S/C14H16N4O/c1-3-19-13-6-4-5-12-11(13)7-8-18(12)9-14-16-15-10-17(14)2/h4-8,10H,3,9H2,1-2H3. The van der Waals surface area contributed by atoms with Crippen molar-refractivity contribution >= 4 is 10.9 Å². The highest BCUT2D eigenvalue weighted by molar-refractivity contribution is 5.86. The van der Waals surface area contributed by atoms with Gasteiger partial charge in [-0.05, 0) is 25.1 Å². The maximum absolute atomic E-state index is 5.64. The van der Waals surface area contributed by atoms with Crippen LogP contribution in [-0.4, -0.2) is 25.9 Å². The van der Waals surface area contributed by atoms with Crippen LogP contribution in [0.15, 0.2) is 36.8 Å². The van der Waals surface area contributed by atoms with Gasteiger partial charge in [-0.1, -0.05) is 6.07 Å². The first-order valence-corrected chi connectivity index (χ1v) is 6.33. The lowest BCUT2D eigenvalue weighted by molar-refractivity contribution is 0.344. The Morgan fingerprint density at radius 2 is 2.16 bits per heavy atom. The van der Waals surface area contributed by atoms with Crippen molar-refractivity contribution in [3.8, 4) is 5.75 Å². The number of rotatable bonds is 4. The van der Waals surface area contributed by atoms with Crippen LogP contribution in [0.5, 0.6) is 5.75 Å². The number of nitrogens with zero attached hydrogens (tertiary/aromatic N) is 4. The van der Waals surface area contributed by atoms with Gasteiger partial charge in [-0.3, -0.25) is 0 Å². The van der Waals surface area contributed by atoms with E-state index in [4.69, 9.17) is 4.74 Å². The van der Waals surface area contributed by atoms with E-state index >= 15 is 0 Å². The van der Waals surface area contributed by atoms with Crippen LogP contribution in [0.4, 0.5) is 0 Å². The van der Waals surface area contributed by atoms with Gasteiger partial charge in [-0.15, -0.1) is 10.2 Å². The fraction of sp³-hybridized carbons (Fsp3) is 0.286. The molecule has 5 nitrogen and oxygen atoms in total. The summed E-state index contributed by atoms with van der Waals surface area (Å²) in [6.07, 6.45) is 3.77. The smallest absolute Gasteiger partial charge is 0.152 e.